The molecule has 8 heteroatoms. The zero-order valence-corrected chi connectivity index (χ0v) is 12.3. The van der Waals surface area contributed by atoms with E-state index in [0.29, 0.717) is 15.9 Å². The molecule has 2 aromatic rings. The molecule has 1 N–H and O–H groups in total. The average Bonchev–Trinajstić information content (AvgIpc) is 2.78. The highest BCUT2D eigenvalue weighted by Crippen LogP contribution is 2.33. The molecule has 0 aliphatic heterocycles. The van der Waals surface area contributed by atoms with Crippen molar-refractivity contribution >= 4 is 37.8 Å². The second kappa shape index (κ2) is 5.07. The first-order valence-electron chi connectivity index (χ1n) is 4.72. The normalized spacial score (nSPS) is 10.4. The summed E-state index contributed by atoms with van der Waals surface area (Å²) in [5.41, 5.74) is 0.505. The predicted octanol–water partition coefficient (Wildman–Crippen LogP) is 2.50. The molecule has 1 aromatic carbocycles. The van der Waals surface area contributed by atoms with Gasteiger partial charge in [-0.3, -0.25) is 0 Å². The zero-order chi connectivity index (χ0) is 13.3. The van der Waals surface area contributed by atoms with Gasteiger partial charge in [0, 0.05) is 10.5 Å². The number of methoxy groups -OCH3 is 1. The Labute approximate surface area is 119 Å². The first kappa shape index (κ1) is 13.0. The molecule has 0 amide bonds. The Bertz CT molecular complexity index is 612. The minimum Gasteiger partial charge on any atom is -0.495 e. The molecule has 0 saturated heterocycles. The first-order valence-corrected chi connectivity index (χ1v) is 6.30. The van der Waals surface area contributed by atoms with Crippen molar-refractivity contribution in [2.24, 2.45) is 0 Å². The number of rotatable bonds is 3. The monoisotopic (exact) mass is 375 g/mol. The summed E-state index contributed by atoms with van der Waals surface area (Å²) in [6.45, 7) is 0. The van der Waals surface area contributed by atoms with Crippen molar-refractivity contribution in [3.05, 3.63) is 33.0 Å². The molecule has 94 valence electrons. The SMILES string of the molecule is COc1cc(-n2nncc2C(=O)O)c(Br)cc1Br. The average molecular weight is 377 g/mol. The van der Waals surface area contributed by atoms with Crippen molar-refractivity contribution in [3.8, 4) is 11.4 Å². The fraction of sp³-hybridized carbons (Fsp3) is 0.100. The van der Waals surface area contributed by atoms with Crippen molar-refractivity contribution in [2.75, 3.05) is 7.11 Å². The maximum atomic E-state index is 11.0. The topological polar surface area (TPSA) is 77.2 Å². The van der Waals surface area contributed by atoms with E-state index in [9.17, 15) is 4.79 Å². The van der Waals surface area contributed by atoms with Gasteiger partial charge >= 0.3 is 5.97 Å². The Morgan fingerprint density at radius 2 is 2.11 bits per heavy atom. The molecule has 0 fully saturated rings. The van der Waals surface area contributed by atoms with Crippen molar-refractivity contribution < 1.29 is 14.6 Å². The van der Waals surface area contributed by atoms with Crippen LogP contribution in [-0.2, 0) is 0 Å². The van der Waals surface area contributed by atoms with E-state index in [0.717, 1.165) is 4.47 Å². The Balaban J connectivity index is 2.63. The van der Waals surface area contributed by atoms with E-state index >= 15 is 0 Å². The highest BCUT2D eigenvalue weighted by molar-refractivity contribution is 9.11. The van der Waals surface area contributed by atoms with Gasteiger partial charge < -0.3 is 9.84 Å². The fourth-order valence-corrected chi connectivity index (χ4v) is 2.72. The van der Waals surface area contributed by atoms with Gasteiger partial charge in [0.2, 0.25) is 0 Å². The molecule has 0 aliphatic rings. The Morgan fingerprint density at radius 3 is 2.72 bits per heavy atom. The lowest BCUT2D eigenvalue weighted by Gasteiger charge is -2.10. The van der Waals surface area contributed by atoms with Crippen molar-refractivity contribution in [3.63, 3.8) is 0 Å². The lowest BCUT2D eigenvalue weighted by molar-refractivity contribution is 0.0687. The van der Waals surface area contributed by atoms with Gasteiger partial charge in [-0.25, -0.2) is 9.48 Å². The maximum Gasteiger partial charge on any atom is 0.356 e. The summed E-state index contributed by atoms with van der Waals surface area (Å²) in [6.07, 6.45) is 1.18. The van der Waals surface area contributed by atoms with Crippen LogP contribution >= 0.6 is 31.9 Å². The number of carboxylic acid groups (broad SMARTS) is 1. The van der Waals surface area contributed by atoms with Crippen LogP contribution < -0.4 is 4.74 Å². The quantitative estimate of drug-likeness (QED) is 0.890. The van der Waals surface area contributed by atoms with Crippen LogP contribution in [-0.4, -0.2) is 33.2 Å². The lowest BCUT2D eigenvalue weighted by Crippen LogP contribution is -2.08. The van der Waals surface area contributed by atoms with Crippen LogP contribution in [0.5, 0.6) is 5.75 Å². The van der Waals surface area contributed by atoms with E-state index in [1.165, 1.54) is 18.0 Å². The third kappa shape index (κ3) is 2.25. The summed E-state index contributed by atoms with van der Waals surface area (Å²) >= 11 is 6.68. The maximum absolute atomic E-state index is 11.0. The third-order valence-electron chi connectivity index (χ3n) is 2.22. The van der Waals surface area contributed by atoms with Crippen molar-refractivity contribution in [2.45, 2.75) is 0 Å². The van der Waals surface area contributed by atoms with Gasteiger partial charge in [-0.15, -0.1) is 5.10 Å². The van der Waals surface area contributed by atoms with Crippen LogP contribution in [0.1, 0.15) is 10.5 Å². The van der Waals surface area contributed by atoms with E-state index in [1.807, 2.05) is 0 Å². The lowest BCUT2D eigenvalue weighted by atomic mass is 10.3. The molecule has 18 heavy (non-hydrogen) atoms. The van der Waals surface area contributed by atoms with Crippen LogP contribution in [0.2, 0.25) is 0 Å². The summed E-state index contributed by atoms with van der Waals surface area (Å²) < 4.78 is 7.80. The molecule has 0 atom stereocenters. The summed E-state index contributed by atoms with van der Waals surface area (Å²) in [5.74, 6) is -0.533. The van der Waals surface area contributed by atoms with Crippen LogP contribution in [0.25, 0.3) is 5.69 Å². The largest absolute Gasteiger partial charge is 0.495 e. The number of ether oxygens (including phenoxy) is 1. The van der Waals surface area contributed by atoms with E-state index in [-0.39, 0.29) is 5.69 Å². The number of nitrogens with zero attached hydrogens (tertiary/aromatic N) is 3. The van der Waals surface area contributed by atoms with Gasteiger partial charge in [0.05, 0.1) is 23.5 Å². The predicted molar refractivity (Wildman–Crippen MR) is 70.3 cm³/mol. The highest BCUT2D eigenvalue weighted by atomic mass is 79.9. The number of hydrogen-bond donors (Lipinski definition) is 1. The molecular weight excluding hydrogens is 370 g/mol. The molecule has 0 unspecified atom stereocenters. The molecule has 6 nitrogen and oxygen atoms in total. The van der Waals surface area contributed by atoms with Gasteiger partial charge in [-0.2, -0.15) is 0 Å². The molecule has 1 aromatic heterocycles. The van der Waals surface area contributed by atoms with Crippen molar-refractivity contribution in [1.29, 1.82) is 0 Å². The molecule has 0 spiro atoms. The Kier molecular flexibility index (Phi) is 3.67. The van der Waals surface area contributed by atoms with Crippen LogP contribution in [0.3, 0.4) is 0 Å². The Hall–Kier alpha value is -1.41. The zero-order valence-electron chi connectivity index (χ0n) is 9.09. The molecule has 2 rings (SSSR count). The number of carbonyl (C=O) groups is 1. The van der Waals surface area contributed by atoms with Gasteiger partial charge in [0.25, 0.3) is 0 Å². The van der Waals surface area contributed by atoms with Crippen LogP contribution in [0.4, 0.5) is 0 Å². The van der Waals surface area contributed by atoms with Crippen LogP contribution in [0.15, 0.2) is 27.3 Å². The molecule has 0 saturated carbocycles. The molecule has 1 heterocycles. The van der Waals surface area contributed by atoms with E-state index in [1.54, 1.807) is 12.1 Å². The van der Waals surface area contributed by atoms with Gasteiger partial charge in [-0.1, -0.05) is 5.21 Å². The smallest absolute Gasteiger partial charge is 0.356 e. The van der Waals surface area contributed by atoms with E-state index in [4.69, 9.17) is 9.84 Å². The van der Waals surface area contributed by atoms with Gasteiger partial charge in [0.15, 0.2) is 5.69 Å². The number of aromatic carboxylic acids is 1. The van der Waals surface area contributed by atoms with Gasteiger partial charge in [0.1, 0.15) is 5.75 Å². The second-order valence-corrected chi connectivity index (χ2v) is 4.98. The van der Waals surface area contributed by atoms with Gasteiger partial charge in [-0.05, 0) is 37.9 Å². The first-order chi connectivity index (χ1) is 8.54. The summed E-state index contributed by atoms with van der Waals surface area (Å²) in [5, 5.41) is 16.4. The van der Waals surface area contributed by atoms with Crippen LogP contribution in [0, 0.1) is 0 Å². The third-order valence-corrected chi connectivity index (χ3v) is 3.47. The summed E-state index contributed by atoms with van der Waals surface area (Å²) in [7, 11) is 1.53. The van der Waals surface area contributed by atoms with E-state index < -0.39 is 5.97 Å². The second-order valence-electron chi connectivity index (χ2n) is 3.27. The van der Waals surface area contributed by atoms with Crippen molar-refractivity contribution in [1.82, 2.24) is 15.0 Å². The molecule has 0 aliphatic carbocycles. The standard InChI is InChI=1S/C10H7Br2N3O3/c1-18-9-3-7(5(11)2-6(9)12)15-8(10(16)17)4-13-14-15/h2-4H,1H3,(H,16,17). The number of carboxylic acids is 1. The summed E-state index contributed by atoms with van der Waals surface area (Å²) in [4.78, 5) is 11.0. The highest BCUT2D eigenvalue weighted by Gasteiger charge is 2.17. The summed E-state index contributed by atoms with van der Waals surface area (Å²) in [6, 6.07) is 3.41. The number of halogens is 2. The molecular formula is C10H7Br2N3O3. The minimum absolute atomic E-state index is 0.0277. The Morgan fingerprint density at radius 1 is 1.39 bits per heavy atom. The number of aromatic nitrogens is 3. The molecule has 0 bridgehead atoms. The fourth-order valence-electron chi connectivity index (χ4n) is 1.40. The van der Waals surface area contributed by atoms with E-state index in [2.05, 4.69) is 42.2 Å². The molecule has 0 radical (unpaired) electrons. The number of hydrogen-bond acceptors (Lipinski definition) is 4. The minimum atomic E-state index is -1.10. The number of benzene rings is 1.